The monoisotopic (exact) mass is 184 g/mol. The minimum atomic E-state index is 1.28. The van der Waals surface area contributed by atoms with Gasteiger partial charge in [-0.2, -0.15) is 0 Å². The van der Waals surface area contributed by atoms with Crippen LogP contribution in [0.5, 0.6) is 0 Å². The van der Waals surface area contributed by atoms with E-state index < -0.39 is 0 Å². The van der Waals surface area contributed by atoms with E-state index in [9.17, 15) is 0 Å². The lowest BCUT2D eigenvalue weighted by atomic mass is 9.94. The van der Waals surface area contributed by atoms with Gasteiger partial charge in [0.1, 0.15) is 0 Å². The summed E-state index contributed by atoms with van der Waals surface area (Å²) in [6.07, 6.45) is 5.29. The van der Waals surface area contributed by atoms with Crippen molar-refractivity contribution in [1.82, 2.24) is 0 Å². The molecule has 2 aliphatic carbocycles. The molecule has 0 spiro atoms. The van der Waals surface area contributed by atoms with Crippen molar-refractivity contribution in [3.63, 3.8) is 0 Å². The van der Waals surface area contributed by atoms with Crippen molar-refractivity contribution < 1.29 is 0 Å². The second-order valence-corrected chi connectivity index (χ2v) is 4.73. The van der Waals surface area contributed by atoms with E-state index in [4.69, 9.17) is 0 Å². The Morgan fingerprint density at radius 2 is 1.93 bits per heavy atom. The summed E-state index contributed by atoms with van der Waals surface area (Å²) in [5.74, 6) is 0. The van der Waals surface area contributed by atoms with E-state index in [1.165, 1.54) is 36.8 Å². The zero-order valence-corrected chi connectivity index (χ0v) is 8.98. The number of allylic oxidation sites excluding steroid dienone is 2. The Kier molecular flexibility index (Phi) is 1.61. The van der Waals surface area contributed by atoms with Crippen LogP contribution in [0.15, 0.2) is 17.7 Å². The van der Waals surface area contributed by atoms with E-state index in [-0.39, 0.29) is 0 Å². The van der Waals surface area contributed by atoms with Gasteiger partial charge in [0.2, 0.25) is 0 Å². The minimum Gasteiger partial charge on any atom is -0.0616 e. The number of hydrogen-bond donors (Lipinski definition) is 0. The molecule has 0 aromatic heterocycles. The van der Waals surface area contributed by atoms with Gasteiger partial charge in [0.05, 0.1) is 0 Å². The van der Waals surface area contributed by atoms with E-state index in [0.717, 1.165) is 0 Å². The van der Waals surface area contributed by atoms with Crippen molar-refractivity contribution in [2.45, 2.75) is 39.5 Å². The Balaban J connectivity index is 2.23. The van der Waals surface area contributed by atoms with E-state index in [2.05, 4.69) is 26.0 Å². The highest BCUT2D eigenvalue weighted by molar-refractivity contribution is 5.86. The summed E-state index contributed by atoms with van der Waals surface area (Å²) in [6, 6.07) is 4.71. The number of aryl methyl sites for hydroxylation is 3. The molecular weight excluding hydrogens is 168 g/mol. The zero-order valence-electron chi connectivity index (χ0n) is 8.98. The van der Waals surface area contributed by atoms with Crippen molar-refractivity contribution in [3.8, 4) is 0 Å². The molecule has 1 aromatic carbocycles. The summed E-state index contributed by atoms with van der Waals surface area (Å²) in [7, 11) is 0. The first-order valence-corrected chi connectivity index (χ1v) is 5.57. The molecule has 3 rings (SSSR count). The Hall–Kier alpha value is -1.04. The van der Waals surface area contributed by atoms with Crippen molar-refractivity contribution in [2.75, 3.05) is 0 Å². The van der Waals surface area contributed by atoms with Gasteiger partial charge < -0.3 is 0 Å². The van der Waals surface area contributed by atoms with Gasteiger partial charge in [0.15, 0.2) is 0 Å². The predicted molar refractivity (Wildman–Crippen MR) is 60.4 cm³/mol. The zero-order chi connectivity index (χ0) is 9.71. The van der Waals surface area contributed by atoms with Crippen LogP contribution in [0.1, 0.15) is 41.5 Å². The maximum Gasteiger partial charge on any atom is -0.00551 e. The number of hydrogen-bond acceptors (Lipinski definition) is 0. The molecule has 0 heteroatoms. The third-order valence-corrected chi connectivity index (χ3v) is 3.48. The molecule has 0 amide bonds. The van der Waals surface area contributed by atoms with E-state index in [1.54, 1.807) is 22.3 Å². The molecule has 2 aliphatic rings. The lowest BCUT2D eigenvalue weighted by molar-refractivity contribution is 0.823. The smallest absolute Gasteiger partial charge is 0.00551 e. The fourth-order valence-electron chi connectivity index (χ4n) is 2.85. The first-order chi connectivity index (χ1) is 6.75. The van der Waals surface area contributed by atoms with Crippen LogP contribution in [-0.4, -0.2) is 0 Å². The van der Waals surface area contributed by atoms with Crippen LogP contribution in [0.2, 0.25) is 0 Å². The van der Waals surface area contributed by atoms with Gasteiger partial charge in [-0.05, 0) is 61.8 Å². The second kappa shape index (κ2) is 2.73. The predicted octanol–water partition coefficient (Wildman–Crippen LogP) is 3.80. The summed E-state index contributed by atoms with van der Waals surface area (Å²) in [6.45, 7) is 4.47. The highest BCUT2D eigenvalue weighted by atomic mass is 14.3. The summed E-state index contributed by atoms with van der Waals surface area (Å²) in [5, 5.41) is 0. The molecule has 72 valence electrons. The van der Waals surface area contributed by atoms with Gasteiger partial charge in [-0.1, -0.05) is 23.3 Å². The standard InChI is InChI=1S/C14H16/c1-9-6-10(2)14-12(7-9)5-3-4-11-8-13(11)14/h6-7H,3-5,8H2,1-2H3. The molecule has 0 fully saturated rings. The quantitative estimate of drug-likeness (QED) is 0.575. The fourth-order valence-corrected chi connectivity index (χ4v) is 2.85. The van der Waals surface area contributed by atoms with Gasteiger partial charge in [-0.3, -0.25) is 0 Å². The third-order valence-electron chi connectivity index (χ3n) is 3.48. The van der Waals surface area contributed by atoms with E-state index in [0.29, 0.717) is 0 Å². The average Bonchev–Trinajstić information content (AvgIpc) is 2.80. The van der Waals surface area contributed by atoms with Gasteiger partial charge in [-0.25, -0.2) is 0 Å². The van der Waals surface area contributed by atoms with Crippen LogP contribution in [-0.2, 0) is 6.42 Å². The van der Waals surface area contributed by atoms with Crippen LogP contribution in [0.4, 0.5) is 0 Å². The largest absolute Gasteiger partial charge is 0.0616 e. The Morgan fingerprint density at radius 1 is 1.07 bits per heavy atom. The minimum absolute atomic E-state index is 1.28. The molecule has 14 heavy (non-hydrogen) atoms. The molecule has 0 nitrogen and oxygen atoms in total. The van der Waals surface area contributed by atoms with Crippen molar-refractivity contribution >= 4 is 5.57 Å². The number of fused-ring (bicyclic) bond motifs is 2. The number of benzene rings is 1. The summed E-state index contributed by atoms with van der Waals surface area (Å²) < 4.78 is 0. The van der Waals surface area contributed by atoms with Gasteiger partial charge in [0.25, 0.3) is 0 Å². The molecule has 0 aliphatic heterocycles. The second-order valence-electron chi connectivity index (χ2n) is 4.73. The lowest BCUT2D eigenvalue weighted by Gasteiger charge is -2.11. The maximum atomic E-state index is 2.39. The highest BCUT2D eigenvalue weighted by Gasteiger charge is 2.28. The highest BCUT2D eigenvalue weighted by Crippen LogP contribution is 2.47. The van der Waals surface area contributed by atoms with Crippen LogP contribution >= 0.6 is 0 Å². The van der Waals surface area contributed by atoms with E-state index in [1.807, 2.05) is 0 Å². The Labute approximate surface area is 85.6 Å². The first-order valence-electron chi connectivity index (χ1n) is 5.57. The van der Waals surface area contributed by atoms with Crippen LogP contribution in [0.25, 0.3) is 5.57 Å². The molecule has 0 unspecified atom stereocenters. The summed E-state index contributed by atoms with van der Waals surface area (Å²) in [4.78, 5) is 0. The van der Waals surface area contributed by atoms with Crippen LogP contribution in [0, 0.1) is 13.8 Å². The number of rotatable bonds is 0. The molecule has 0 saturated carbocycles. The normalized spacial score (nSPS) is 18.7. The molecule has 0 radical (unpaired) electrons. The van der Waals surface area contributed by atoms with Gasteiger partial charge in [0, 0.05) is 0 Å². The summed E-state index contributed by atoms with van der Waals surface area (Å²) >= 11 is 0. The van der Waals surface area contributed by atoms with E-state index >= 15 is 0 Å². The first kappa shape index (κ1) is 8.28. The molecule has 0 bridgehead atoms. The maximum absolute atomic E-state index is 2.39. The van der Waals surface area contributed by atoms with Crippen molar-refractivity contribution in [3.05, 3.63) is 40.0 Å². The van der Waals surface area contributed by atoms with Gasteiger partial charge >= 0.3 is 0 Å². The molecule has 0 atom stereocenters. The topological polar surface area (TPSA) is 0 Å². The molecule has 1 aromatic rings. The van der Waals surface area contributed by atoms with Crippen LogP contribution in [0.3, 0.4) is 0 Å². The van der Waals surface area contributed by atoms with Crippen molar-refractivity contribution in [1.29, 1.82) is 0 Å². The van der Waals surface area contributed by atoms with Crippen molar-refractivity contribution in [2.24, 2.45) is 0 Å². The van der Waals surface area contributed by atoms with Crippen LogP contribution < -0.4 is 0 Å². The third kappa shape index (κ3) is 1.13. The Bertz CT molecular complexity index is 436. The molecule has 0 heterocycles. The Morgan fingerprint density at radius 3 is 2.79 bits per heavy atom. The summed E-state index contributed by atoms with van der Waals surface area (Å²) in [5.41, 5.74) is 9.52. The SMILES string of the molecule is Cc1cc(C)c2c(c1)CCCC1=C2C1. The molecule has 0 N–H and O–H groups in total. The molecular formula is C14H16. The van der Waals surface area contributed by atoms with Gasteiger partial charge in [-0.15, -0.1) is 0 Å². The average molecular weight is 184 g/mol. The fraction of sp³-hybridized carbons (Fsp3) is 0.429. The lowest BCUT2D eigenvalue weighted by Crippen LogP contribution is -1.94. The molecule has 0 saturated heterocycles.